The molecule has 1 amide bonds. The normalized spacial score (nSPS) is 27.3. The summed E-state index contributed by atoms with van der Waals surface area (Å²) in [6.45, 7) is 4.03. The smallest absolute Gasteiger partial charge is 0.247 e. The van der Waals surface area contributed by atoms with Gasteiger partial charge in [-0.1, -0.05) is 19.8 Å². The van der Waals surface area contributed by atoms with Gasteiger partial charge in [0.2, 0.25) is 5.91 Å². The van der Waals surface area contributed by atoms with Crippen LogP contribution in [0.25, 0.3) is 0 Å². The Kier molecular flexibility index (Phi) is 4.66. The summed E-state index contributed by atoms with van der Waals surface area (Å²) in [5, 5.41) is 3.02. The first-order valence-electron chi connectivity index (χ1n) is 5.64. The lowest BCUT2D eigenvalue weighted by Crippen LogP contribution is -2.37. The van der Waals surface area contributed by atoms with Gasteiger partial charge >= 0.3 is 0 Å². The van der Waals surface area contributed by atoms with Crippen LogP contribution in [0.3, 0.4) is 0 Å². The van der Waals surface area contributed by atoms with Crippen LogP contribution >= 0.6 is 0 Å². The first-order chi connectivity index (χ1) is 7.11. The maximum absolute atomic E-state index is 11.5. The number of nitrogens with one attached hydrogen (secondary N) is 1. The minimum absolute atomic E-state index is 0.0338. The largest absolute Gasteiger partial charge is 0.501 e. The summed E-state index contributed by atoms with van der Waals surface area (Å²) in [6, 6.07) is 0.349. The Hall–Kier alpha value is -0.990. The van der Waals surface area contributed by atoms with E-state index < -0.39 is 0 Å². The third-order valence-corrected chi connectivity index (χ3v) is 2.94. The highest BCUT2D eigenvalue weighted by molar-refractivity contribution is 5.88. The SMILES string of the molecule is CO/C(C)=C\C(=O)NC1CCCC(C)C1. The molecule has 0 aromatic rings. The molecule has 1 N–H and O–H groups in total. The molecule has 0 saturated heterocycles. The van der Waals surface area contributed by atoms with Crippen LogP contribution in [0.4, 0.5) is 0 Å². The summed E-state index contributed by atoms with van der Waals surface area (Å²) in [7, 11) is 1.57. The number of ether oxygens (including phenoxy) is 1. The van der Waals surface area contributed by atoms with Gasteiger partial charge in [0.1, 0.15) is 0 Å². The van der Waals surface area contributed by atoms with Gasteiger partial charge in [0.15, 0.2) is 0 Å². The number of hydrogen-bond donors (Lipinski definition) is 1. The number of rotatable bonds is 3. The molecule has 3 nitrogen and oxygen atoms in total. The highest BCUT2D eigenvalue weighted by Gasteiger charge is 2.19. The lowest BCUT2D eigenvalue weighted by molar-refractivity contribution is -0.117. The van der Waals surface area contributed by atoms with Gasteiger partial charge in [-0.25, -0.2) is 0 Å². The van der Waals surface area contributed by atoms with Crippen molar-refractivity contribution in [2.45, 2.75) is 45.6 Å². The molecule has 3 heteroatoms. The first-order valence-corrected chi connectivity index (χ1v) is 5.64. The maximum atomic E-state index is 11.5. The number of allylic oxidation sites excluding steroid dienone is 1. The molecule has 15 heavy (non-hydrogen) atoms. The topological polar surface area (TPSA) is 38.3 Å². The van der Waals surface area contributed by atoms with Gasteiger partial charge in [-0.2, -0.15) is 0 Å². The Labute approximate surface area is 91.9 Å². The fraction of sp³-hybridized carbons (Fsp3) is 0.750. The molecule has 1 aliphatic carbocycles. The van der Waals surface area contributed by atoms with E-state index >= 15 is 0 Å². The molecule has 1 aliphatic rings. The maximum Gasteiger partial charge on any atom is 0.247 e. The highest BCUT2D eigenvalue weighted by atomic mass is 16.5. The van der Waals surface area contributed by atoms with Gasteiger partial charge in [0.05, 0.1) is 12.9 Å². The lowest BCUT2D eigenvalue weighted by atomic mass is 9.87. The second kappa shape index (κ2) is 5.79. The predicted molar refractivity (Wildman–Crippen MR) is 60.3 cm³/mol. The Morgan fingerprint density at radius 1 is 1.47 bits per heavy atom. The van der Waals surface area contributed by atoms with E-state index in [1.54, 1.807) is 14.0 Å². The van der Waals surface area contributed by atoms with E-state index in [0.29, 0.717) is 11.8 Å². The van der Waals surface area contributed by atoms with E-state index in [1.807, 2.05) is 0 Å². The molecule has 2 unspecified atom stereocenters. The molecule has 1 fully saturated rings. The van der Waals surface area contributed by atoms with Crippen molar-refractivity contribution in [1.82, 2.24) is 5.32 Å². The third kappa shape index (κ3) is 4.36. The van der Waals surface area contributed by atoms with Crippen molar-refractivity contribution < 1.29 is 9.53 Å². The van der Waals surface area contributed by atoms with Crippen molar-refractivity contribution in [3.63, 3.8) is 0 Å². The van der Waals surface area contributed by atoms with Crippen molar-refractivity contribution in [2.24, 2.45) is 5.92 Å². The summed E-state index contributed by atoms with van der Waals surface area (Å²) >= 11 is 0. The Morgan fingerprint density at radius 3 is 2.80 bits per heavy atom. The Balaban J connectivity index is 2.37. The second-order valence-corrected chi connectivity index (χ2v) is 4.44. The van der Waals surface area contributed by atoms with Crippen LogP contribution in [0.1, 0.15) is 39.5 Å². The average Bonchev–Trinajstić information content (AvgIpc) is 2.17. The minimum atomic E-state index is -0.0338. The van der Waals surface area contributed by atoms with E-state index in [0.717, 1.165) is 18.8 Å². The number of carbonyl (C=O) groups excluding carboxylic acids is 1. The highest BCUT2D eigenvalue weighted by Crippen LogP contribution is 2.23. The van der Waals surface area contributed by atoms with E-state index in [-0.39, 0.29) is 5.91 Å². The molecule has 1 saturated carbocycles. The first kappa shape index (κ1) is 12.1. The fourth-order valence-electron chi connectivity index (χ4n) is 2.05. The van der Waals surface area contributed by atoms with Gasteiger partial charge in [-0.15, -0.1) is 0 Å². The third-order valence-electron chi connectivity index (χ3n) is 2.94. The van der Waals surface area contributed by atoms with Gasteiger partial charge < -0.3 is 10.1 Å². The zero-order valence-corrected chi connectivity index (χ0v) is 9.88. The molecule has 0 bridgehead atoms. The molecule has 0 radical (unpaired) electrons. The number of hydrogen-bond acceptors (Lipinski definition) is 2. The van der Waals surface area contributed by atoms with Crippen molar-refractivity contribution in [3.8, 4) is 0 Å². The average molecular weight is 211 g/mol. The van der Waals surface area contributed by atoms with E-state index in [2.05, 4.69) is 12.2 Å². The van der Waals surface area contributed by atoms with Crippen LogP contribution in [-0.2, 0) is 9.53 Å². The molecule has 2 atom stereocenters. The standard InChI is InChI=1S/C12H21NO2/c1-9-5-4-6-11(7-9)13-12(14)8-10(2)15-3/h8-9,11H,4-7H2,1-3H3,(H,13,14)/b10-8-. The van der Waals surface area contributed by atoms with E-state index in [4.69, 9.17) is 4.74 Å². The zero-order chi connectivity index (χ0) is 11.3. The van der Waals surface area contributed by atoms with Gasteiger partial charge in [-0.05, 0) is 25.7 Å². The number of carbonyl (C=O) groups is 1. The molecule has 0 aliphatic heterocycles. The summed E-state index contributed by atoms with van der Waals surface area (Å²) in [6.07, 6.45) is 6.24. The lowest BCUT2D eigenvalue weighted by Gasteiger charge is -2.27. The van der Waals surface area contributed by atoms with Gasteiger partial charge in [-0.3, -0.25) is 4.79 Å². The summed E-state index contributed by atoms with van der Waals surface area (Å²) < 4.78 is 4.93. The zero-order valence-electron chi connectivity index (χ0n) is 9.88. The van der Waals surface area contributed by atoms with E-state index in [9.17, 15) is 4.79 Å². The van der Waals surface area contributed by atoms with Gasteiger partial charge in [0, 0.05) is 12.1 Å². The molecule has 0 spiro atoms. The van der Waals surface area contributed by atoms with Crippen molar-refractivity contribution in [3.05, 3.63) is 11.8 Å². The monoisotopic (exact) mass is 211 g/mol. The molecule has 0 aromatic carbocycles. The predicted octanol–water partition coefficient (Wildman–Crippen LogP) is 2.23. The minimum Gasteiger partial charge on any atom is -0.501 e. The molecule has 86 valence electrons. The Bertz CT molecular complexity index is 248. The summed E-state index contributed by atoms with van der Waals surface area (Å²) in [5.41, 5.74) is 0. The van der Waals surface area contributed by atoms with E-state index in [1.165, 1.54) is 18.9 Å². The molecular formula is C12H21NO2. The van der Waals surface area contributed by atoms with Gasteiger partial charge in [0.25, 0.3) is 0 Å². The van der Waals surface area contributed by atoms with Crippen molar-refractivity contribution >= 4 is 5.91 Å². The fourth-order valence-corrected chi connectivity index (χ4v) is 2.05. The molecular weight excluding hydrogens is 190 g/mol. The molecule has 0 heterocycles. The molecule has 0 aromatic heterocycles. The van der Waals surface area contributed by atoms with Crippen molar-refractivity contribution in [1.29, 1.82) is 0 Å². The van der Waals surface area contributed by atoms with Crippen LogP contribution in [0.5, 0.6) is 0 Å². The quantitative estimate of drug-likeness (QED) is 0.574. The summed E-state index contributed by atoms with van der Waals surface area (Å²) in [4.78, 5) is 11.5. The molecule has 1 rings (SSSR count). The van der Waals surface area contributed by atoms with Crippen LogP contribution in [0.15, 0.2) is 11.8 Å². The van der Waals surface area contributed by atoms with Crippen LogP contribution in [0, 0.1) is 5.92 Å². The second-order valence-electron chi connectivity index (χ2n) is 4.44. The van der Waals surface area contributed by atoms with Crippen LogP contribution < -0.4 is 5.32 Å². The van der Waals surface area contributed by atoms with Crippen LogP contribution in [0.2, 0.25) is 0 Å². The number of methoxy groups -OCH3 is 1. The summed E-state index contributed by atoms with van der Waals surface area (Å²) in [5.74, 6) is 1.35. The Morgan fingerprint density at radius 2 is 2.20 bits per heavy atom. The van der Waals surface area contributed by atoms with Crippen molar-refractivity contribution in [2.75, 3.05) is 7.11 Å². The van der Waals surface area contributed by atoms with Crippen LogP contribution in [-0.4, -0.2) is 19.1 Å². The number of amides is 1.